The van der Waals surface area contributed by atoms with Crippen LogP contribution in [0.4, 0.5) is 0 Å². The maximum Gasteiger partial charge on any atom is 0.169 e. The molecule has 0 aliphatic rings. The zero-order valence-electron chi connectivity index (χ0n) is 8.29. The molecule has 74 valence electrons. The average Bonchev–Trinajstić information content (AvgIpc) is 2.55. The lowest BCUT2D eigenvalue weighted by molar-refractivity contribution is 0.870. The predicted molar refractivity (Wildman–Crippen MR) is 59.4 cm³/mol. The summed E-state index contributed by atoms with van der Waals surface area (Å²) in [4.78, 5) is 4.37. The zero-order chi connectivity index (χ0) is 10.1. The van der Waals surface area contributed by atoms with E-state index < -0.39 is 0 Å². The molecule has 14 heavy (non-hydrogen) atoms. The van der Waals surface area contributed by atoms with Crippen LogP contribution in [-0.2, 0) is 12.8 Å². The Bertz CT molecular complexity index is 462. The predicted octanol–water partition coefficient (Wildman–Crippen LogP) is 2.62. The van der Waals surface area contributed by atoms with Gasteiger partial charge in [0.15, 0.2) is 5.65 Å². The molecule has 2 heterocycles. The monoisotopic (exact) mass is 253 g/mol. The van der Waals surface area contributed by atoms with Crippen molar-refractivity contribution in [3.63, 3.8) is 0 Å². The smallest absolute Gasteiger partial charge is 0.169 e. The van der Waals surface area contributed by atoms with E-state index in [0.29, 0.717) is 0 Å². The first-order chi connectivity index (χ1) is 6.76. The van der Waals surface area contributed by atoms with Gasteiger partial charge in [0.2, 0.25) is 0 Å². The van der Waals surface area contributed by atoms with E-state index in [9.17, 15) is 0 Å². The van der Waals surface area contributed by atoms with Crippen molar-refractivity contribution in [2.75, 3.05) is 0 Å². The Kier molecular flexibility index (Phi) is 2.54. The molecule has 2 aromatic rings. The summed E-state index contributed by atoms with van der Waals surface area (Å²) in [6.07, 6.45) is 5.85. The second kappa shape index (κ2) is 3.69. The SMILES string of the molecule is CCc1cnc2c(Br)c(CC)nn2c1. The van der Waals surface area contributed by atoms with Crippen molar-refractivity contribution in [2.24, 2.45) is 0 Å². The topological polar surface area (TPSA) is 30.2 Å². The van der Waals surface area contributed by atoms with Gasteiger partial charge in [-0.15, -0.1) is 0 Å². The standard InChI is InChI=1S/C10H12BrN3/c1-3-7-5-12-10-9(11)8(4-2)13-14(10)6-7/h5-6H,3-4H2,1-2H3. The number of hydrogen-bond donors (Lipinski definition) is 0. The minimum atomic E-state index is 0.902. The summed E-state index contributed by atoms with van der Waals surface area (Å²) in [6.45, 7) is 4.20. The van der Waals surface area contributed by atoms with Gasteiger partial charge in [-0.1, -0.05) is 13.8 Å². The largest absolute Gasteiger partial charge is 0.236 e. The van der Waals surface area contributed by atoms with Crippen molar-refractivity contribution >= 4 is 21.6 Å². The molecule has 2 rings (SSSR count). The lowest BCUT2D eigenvalue weighted by Crippen LogP contribution is -1.93. The second-order valence-corrected chi connectivity index (χ2v) is 3.99. The van der Waals surface area contributed by atoms with Gasteiger partial charge in [-0.05, 0) is 34.3 Å². The fourth-order valence-electron chi connectivity index (χ4n) is 1.40. The van der Waals surface area contributed by atoms with E-state index >= 15 is 0 Å². The molecule has 0 radical (unpaired) electrons. The van der Waals surface area contributed by atoms with Crippen LogP contribution in [0.15, 0.2) is 16.9 Å². The molecule has 0 aliphatic heterocycles. The minimum Gasteiger partial charge on any atom is -0.236 e. The molecule has 0 aliphatic carbocycles. The van der Waals surface area contributed by atoms with Gasteiger partial charge in [-0.2, -0.15) is 5.10 Å². The summed E-state index contributed by atoms with van der Waals surface area (Å²) in [5.41, 5.74) is 3.17. The highest BCUT2D eigenvalue weighted by atomic mass is 79.9. The van der Waals surface area contributed by atoms with Gasteiger partial charge in [0, 0.05) is 12.4 Å². The van der Waals surface area contributed by atoms with Gasteiger partial charge in [-0.3, -0.25) is 0 Å². The minimum absolute atomic E-state index is 0.902. The summed E-state index contributed by atoms with van der Waals surface area (Å²) in [5, 5.41) is 4.45. The number of hydrogen-bond acceptors (Lipinski definition) is 2. The summed E-state index contributed by atoms with van der Waals surface area (Å²) in [7, 11) is 0. The van der Waals surface area contributed by atoms with Crippen LogP contribution >= 0.6 is 15.9 Å². The molecule has 0 saturated heterocycles. The molecule has 3 nitrogen and oxygen atoms in total. The van der Waals surface area contributed by atoms with Crippen LogP contribution < -0.4 is 0 Å². The molecule has 4 heteroatoms. The van der Waals surface area contributed by atoms with Crippen LogP contribution in [0.5, 0.6) is 0 Å². The Balaban J connectivity index is 2.66. The van der Waals surface area contributed by atoms with Crippen LogP contribution in [-0.4, -0.2) is 14.6 Å². The first-order valence-electron chi connectivity index (χ1n) is 4.77. The van der Waals surface area contributed by atoms with Crippen molar-refractivity contribution in [1.29, 1.82) is 0 Å². The molecule has 2 aromatic heterocycles. The summed E-state index contributed by atoms with van der Waals surface area (Å²) in [5.74, 6) is 0. The van der Waals surface area contributed by atoms with Crippen LogP contribution in [0.25, 0.3) is 5.65 Å². The number of aryl methyl sites for hydroxylation is 2. The van der Waals surface area contributed by atoms with Gasteiger partial charge in [0.25, 0.3) is 0 Å². The Labute approximate surface area is 91.3 Å². The highest BCUT2D eigenvalue weighted by Crippen LogP contribution is 2.21. The summed E-state index contributed by atoms with van der Waals surface area (Å²) >= 11 is 3.51. The van der Waals surface area contributed by atoms with Crippen molar-refractivity contribution in [2.45, 2.75) is 26.7 Å². The normalized spacial score (nSPS) is 11.1. The average molecular weight is 254 g/mol. The second-order valence-electron chi connectivity index (χ2n) is 3.20. The van der Waals surface area contributed by atoms with E-state index in [1.807, 2.05) is 16.9 Å². The van der Waals surface area contributed by atoms with Crippen LogP contribution in [0.2, 0.25) is 0 Å². The first-order valence-corrected chi connectivity index (χ1v) is 5.57. The molecule has 0 atom stereocenters. The molecular formula is C10H12BrN3. The van der Waals surface area contributed by atoms with Gasteiger partial charge < -0.3 is 0 Å². The third kappa shape index (κ3) is 1.43. The molecule has 0 aromatic carbocycles. The summed E-state index contributed by atoms with van der Waals surface area (Å²) in [6, 6.07) is 0. The quantitative estimate of drug-likeness (QED) is 0.824. The third-order valence-electron chi connectivity index (χ3n) is 2.28. The Morgan fingerprint density at radius 2 is 2.14 bits per heavy atom. The first kappa shape index (κ1) is 9.65. The van der Waals surface area contributed by atoms with Crippen molar-refractivity contribution < 1.29 is 0 Å². The highest BCUT2D eigenvalue weighted by Gasteiger charge is 2.09. The van der Waals surface area contributed by atoms with Gasteiger partial charge >= 0.3 is 0 Å². The molecule has 0 amide bonds. The van der Waals surface area contributed by atoms with Crippen molar-refractivity contribution in [3.8, 4) is 0 Å². The highest BCUT2D eigenvalue weighted by molar-refractivity contribution is 9.10. The molecule has 0 bridgehead atoms. The maximum atomic E-state index is 4.45. The van der Waals surface area contributed by atoms with E-state index in [1.165, 1.54) is 5.56 Å². The fourth-order valence-corrected chi connectivity index (χ4v) is 2.04. The third-order valence-corrected chi connectivity index (χ3v) is 3.09. The van der Waals surface area contributed by atoms with Crippen molar-refractivity contribution in [3.05, 3.63) is 28.1 Å². The number of rotatable bonds is 2. The number of halogens is 1. The van der Waals surface area contributed by atoms with E-state index in [4.69, 9.17) is 0 Å². The summed E-state index contributed by atoms with van der Waals surface area (Å²) < 4.78 is 2.87. The Morgan fingerprint density at radius 1 is 1.36 bits per heavy atom. The van der Waals surface area contributed by atoms with Crippen LogP contribution in [0, 0.1) is 0 Å². The number of aromatic nitrogens is 3. The van der Waals surface area contributed by atoms with Gasteiger partial charge in [0.05, 0.1) is 10.2 Å². The molecule has 0 spiro atoms. The number of fused-ring (bicyclic) bond motifs is 1. The Morgan fingerprint density at radius 3 is 2.79 bits per heavy atom. The molecule has 0 saturated carbocycles. The lowest BCUT2D eigenvalue weighted by Gasteiger charge is -1.96. The van der Waals surface area contributed by atoms with Crippen LogP contribution in [0.3, 0.4) is 0 Å². The van der Waals surface area contributed by atoms with E-state index in [2.05, 4.69) is 39.9 Å². The molecule has 0 fully saturated rings. The van der Waals surface area contributed by atoms with Crippen molar-refractivity contribution in [1.82, 2.24) is 14.6 Å². The Hall–Kier alpha value is -0.900. The van der Waals surface area contributed by atoms with Gasteiger partial charge in [-0.25, -0.2) is 9.50 Å². The maximum absolute atomic E-state index is 4.45. The number of nitrogens with zero attached hydrogens (tertiary/aromatic N) is 3. The van der Waals surface area contributed by atoms with E-state index in [1.54, 1.807) is 0 Å². The fraction of sp³-hybridized carbons (Fsp3) is 0.400. The van der Waals surface area contributed by atoms with Crippen LogP contribution in [0.1, 0.15) is 25.1 Å². The van der Waals surface area contributed by atoms with E-state index in [-0.39, 0.29) is 0 Å². The zero-order valence-corrected chi connectivity index (χ0v) is 9.87. The molecule has 0 unspecified atom stereocenters. The lowest BCUT2D eigenvalue weighted by atomic mass is 10.3. The van der Waals surface area contributed by atoms with Gasteiger partial charge in [0.1, 0.15) is 0 Å². The molecule has 0 N–H and O–H groups in total. The van der Waals surface area contributed by atoms with E-state index in [0.717, 1.165) is 28.7 Å². The molecular weight excluding hydrogens is 242 g/mol.